The first kappa shape index (κ1) is 18.0. The minimum absolute atomic E-state index is 0.755. The van der Waals surface area contributed by atoms with Crippen molar-refractivity contribution in [1.29, 1.82) is 5.26 Å². The van der Waals surface area contributed by atoms with Gasteiger partial charge in [-0.15, -0.1) is 0 Å². The van der Waals surface area contributed by atoms with Gasteiger partial charge < -0.3 is 0 Å². The second-order valence-electron chi connectivity index (χ2n) is 7.32. The number of hydrogen-bond donors (Lipinski definition) is 0. The molecule has 1 fully saturated rings. The Bertz CT molecular complexity index is 763. The minimum atomic E-state index is 0.755. The van der Waals surface area contributed by atoms with Gasteiger partial charge in [-0.1, -0.05) is 24.8 Å². The molecule has 0 aromatic heterocycles. The van der Waals surface area contributed by atoms with Gasteiger partial charge in [0.25, 0.3) is 0 Å². The number of hydrogen-bond acceptors (Lipinski definition) is 3. The molecule has 0 amide bonds. The fraction of sp³-hybridized carbons (Fsp3) is 0.409. The smallest absolute Gasteiger partial charge is 0.0991 e. The first-order valence-electron chi connectivity index (χ1n) is 9.05. The fourth-order valence-electron chi connectivity index (χ4n) is 3.45. The molecule has 1 aliphatic rings. The van der Waals surface area contributed by atoms with E-state index in [0.29, 0.717) is 0 Å². The summed E-state index contributed by atoms with van der Waals surface area (Å²) in [5.74, 6) is 0.839. The SMILES string of the molecule is Cc1cc(C)cc(Sc2ccc(C#N)cc2CN2CCC(C)CC2)c1. The van der Waals surface area contributed by atoms with Crippen molar-refractivity contribution in [2.45, 2.75) is 49.9 Å². The molecule has 0 aliphatic carbocycles. The van der Waals surface area contributed by atoms with Crippen molar-refractivity contribution in [2.24, 2.45) is 5.92 Å². The van der Waals surface area contributed by atoms with Crippen LogP contribution in [0, 0.1) is 31.1 Å². The molecule has 0 unspecified atom stereocenters. The molecule has 0 N–H and O–H groups in total. The van der Waals surface area contributed by atoms with Crippen molar-refractivity contribution in [3.8, 4) is 6.07 Å². The van der Waals surface area contributed by atoms with Crippen LogP contribution < -0.4 is 0 Å². The Morgan fingerprint density at radius 1 is 1.08 bits per heavy atom. The van der Waals surface area contributed by atoms with Crippen molar-refractivity contribution in [3.05, 3.63) is 58.7 Å². The van der Waals surface area contributed by atoms with Crippen molar-refractivity contribution in [3.63, 3.8) is 0 Å². The summed E-state index contributed by atoms with van der Waals surface area (Å²) < 4.78 is 0. The van der Waals surface area contributed by atoms with Crippen molar-refractivity contribution in [2.75, 3.05) is 13.1 Å². The Balaban J connectivity index is 1.84. The van der Waals surface area contributed by atoms with Crippen LogP contribution >= 0.6 is 11.8 Å². The van der Waals surface area contributed by atoms with Crippen molar-refractivity contribution in [1.82, 2.24) is 4.90 Å². The van der Waals surface area contributed by atoms with Crippen LogP contribution in [0.3, 0.4) is 0 Å². The van der Waals surface area contributed by atoms with Gasteiger partial charge in [-0.2, -0.15) is 5.26 Å². The molecule has 25 heavy (non-hydrogen) atoms. The van der Waals surface area contributed by atoms with Gasteiger partial charge in [0, 0.05) is 16.3 Å². The number of benzene rings is 2. The van der Waals surface area contributed by atoms with Crippen LogP contribution in [0.5, 0.6) is 0 Å². The van der Waals surface area contributed by atoms with E-state index in [1.807, 2.05) is 17.8 Å². The zero-order valence-corrected chi connectivity index (χ0v) is 16.2. The van der Waals surface area contributed by atoms with Gasteiger partial charge in [0.05, 0.1) is 11.6 Å². The number of piperidine rings is 1. The summed E-state index contributed by atoms with van der Waals surface area (Å²) >= 11 is 1.81. The predicted octanol–water partition coefficient (Wildman–Crippen LogP) is 5.56. The topological polar surface area (TPSA) is 27.0 Å². The molecule has 0 radical (unpaired) electrons. The van der Waals surface area contributed by atoms with Gasteiger partial charge in [-0.25, -0.2) is 0 Å². The minimum Gasteiger partial charge on any atom is -0.299 e. The quantitative estimate of drug-likeness (QED) is 0.722. The first-order valence-corrected chi connectivity index (χ1v) is 9.86. The van der Waals surface area contributed by atoms with Crippen LogP contribution in [0.2, 0.25) is 0 Å². The molecule has 2 nitrogen and oxygen atoms in total. The van der Waals surface area contributed by atoms with Crippen molar-refractivity contribution >= 4 is 11.8 Å². The zero-order valence-electron chi connectivity index (χ0n) is 15.4. The Labute approximate surface area is 155 Å². The van der Waals surface area contributed by atoms with E-state index in [2.05, 4.69) is 62.1 Å². The molecule has 3 heteroatoms. The molecule has 0 atom stereocenters. The first-order chi connectivity index (χ1) is 12.0. The molecule has 1 saturated heterocycles. The van der Waals surface area contributed by atoms with E-state index < -0.39 is 0 Å². The van der Waals surface area contributed by atoms with Gasteiger partial charge in [-0.05, 0) is 92.7 Å². The van der Waals surface area contributed by atoms with E-state index in [0.717, 1.165) is 31.1 Å². The van der Waals surface area contributed by atoms with Gasteiger partial charge >= 0.3 is 0 Å². The Kier molecular flexibility index (Phi) is 5.83. The predicted molar refractivity (Wildman–Crippen MR) is 105 cm³/mol. The van der Waals surface area contributed by atoms with Crippen LogP contribution in [0.1, 0.15) is 42.0 Å². The van der Waals surface area contributed by atoms with Crippen LogP contribution in [-0.2, 0) is 6.54 Å². The highest BCUT2D eigenvalue weighted by Gasteiger charge is 2.17. The van der Waals surface area contributed by atoms with Gasteiger partial charge in [0.1, 0.15) is 0 Å². The number of rotatable bonds is 4. The monoisotopic (exact) mass is 350 g/mol. The second kappa shape index (κ2) is 8.08. The molecule has 130 valence electrons. The highest BCUT2D eigenvalue weighted by molar-refractivity contribution is 7.99. The fourth-order valence-corrected chi connectivity index (χ4v) is 4.59. The summed E-state index contributed by atoms with van der Waals surface area (Å²) in [6.45, 7) is 9.89. The number of nitrogens with zero attached hydrogens (tertiary/aromatic N) is 2. The molecule has 1 heterocycles. The third-order valence-corrected chi connectivity index (χ3v) is 5.97. The standard InChI is InChI=1S/C22H26N2S/c1-16-6-8-24(9-7-16)15-20-13-19(14-23)4-5-22(20)25-21-11-17(2)10-18(3)12-21/h4-5,10-13,16H,6-9,15H2,1-3H3. The lowest BCUT2D eigenvalue weighted by molar-refractivity contribution is 0.184. The van der Waals surface area contributed by atoms with Crippen LogP contribution in [0.4, 0.5) is 0 Å². The summed E-state index contributed by atoms with van der Waals surface area (Å²) in [4.78, 5) is 5.07. The third kappa shape index (κ3) is 4.87. The summed E-state index contributed by atoms with van der Waals surface area (Å²) in [6, 6.07) is 15.1. The normalized spacial score (nSPS) is 15.9. The summed E-state index contributed by atoms with van der Waals surface area (Å²) in [5, 5.41) is 9.29. The van der Waals surface area contributed by atoms with E-state index in [9.17, 15) is 5.26 Å². The molecule has 0 bridgehead atoms. The Hall–Kier alpha value is -1.76. The van der Waals surface area contributed by atoms with Gasteiger partial charge in [-0.3, -0.25) is 4.90 Å². The highest BCUT2D eigenvalue weighted by Crippen LogP contribution is 2.33. The average molecular weight is 351 g/mol. The summed E-state index contributed by atoms with van der Waals surface area (Å²) in [7, 11) is 0. The second-order valence-corrected chi connectivity index (χ2v) is 8.43. The Morgan fingerprint density at radius 2 is 1.76 bits per heavy atom. The molecule has 2 aromatic rings. The Morgan fingerprint density at radius 3 is 2.40 bits per heavy atom. The lowest BCUT2D eigenvalue weighted by atomic mass is 9.98. The largest absolute Gasteiger partial charge is 0.299 e. The molecule has 0 spiro atoms. The molecule has 1 aliphatic heterocycles. The van der Waals surface area contributed by atoms with E-state index in [4.69, 9.17) is 0 Å². The lowest BCUT2D eigenvalue weighted by Crippen LogP contribution is -2.32. The molecule has 0 saturated carbocycles. The van der Waals surface area contributed by atoms with Crippen molar-refractivity contribution < 1.29 is 0 Å². The maximum atomic E-state index is 9.29. The third-order valence-electron chi connectivity index (χ3n) is 4.88. The van der Waals surface area contributed by atoms with Gasteiger partial charge in [0.2, 0.25) is 0 Å². The van der Waals surface area contributed by atoms with Crippen LogP contribution in [0.15, 0.2) is 46.2 Å². The van der Waals surface area contributed by atoms with E-state index >= 15 is 0 Å². The zero-order chi connectivity index (χ0) is 17.8. The molecular weight excluding hydrogens is 324 g/mol. The lowest BCUT2D eigenvalue weighted by Gasteiger charge is -2.30. The van der Waals surface area contributed by atoms with E-state index in [1.165, 1.54) is 39.3 Å². The number of aryl methyl sites for hydroxylation is 2. The van der Waals surface area contributed by atoms with Crippen LogP contribution in [0.25, 0.3) is 0 Å². The summed E-state index contributed by atoms with van der Waals surface area (Å²) in [6.07, 6.45) is 2.55. The van der Waals surface area contributed by atoms with E-state index in [1.54, 1.807) is 0 Å². The molecular formula is C22H26N2S. The number of nitriles is 1. The highest BCUT2D eigenvalue weighted by atomic mass is 32.2. The maximum Gasteiger partial charge on any atom is 0.0991 e. The van der Waals surface area contributed by atoms with E-state index in [-0.39, 0.29) is 0 Å². The van der Waals surface area contributed by atoms with Gasteiger partial charge in [0.15, 0.2) is 0 Å². The molecule has 3 rings (SSSR count). The maximum absolute atomic E-state index is 9.29. The van der Waals surface area contributed by atoms with Crippen LogP contribution in [-0.4, -0.2) is 18.0 Å². The average Bonchev–Trinajstić information content (AvgIpc) is 2.57. The number of likely N-dealkylation sites (tertiary alicyclic amines) is 1. The summed E-state index contributed by atoms with van der Waals surface area (Å²) in [5.41, 5.74) is 4.62. The molecule has 2 aromatic carbocycles.